The third-order valence-electron chi connectivity index (χ3n) is 5.49. The lowest BCUT2D eigenvalue weighted by Gasteiger charge is -2.35. The van der Waals surface area contributed by atoms with Crippen LogP contribution in [0.4, 0.5) is 5.69 Å². The summed E-state index contributed by atoms with van der Waals surface area (Å²) in [6, 6.07) is 14.8. The predicted octanol–water partition coefficient (Wildman–Crippen LogP) is 4.52. The number of nitrogens with zero attached hydrogens (tertiary/aromatic N) is 2. The van der Waals surface area contributed by atoms with Gasteiger partial charge in [-0.2, -0.15) is 0 Å². The first kappa shape index (κ1) is 24.1. The summed E-state index contributed by atoms with van der Waals surface area (Å²) < 4.78 is 11.0. The van der Waals surface area contributed by atoms with Gasteiger partial charge in [-0.3, -0.25) is 9.69 Å². The molecule has 2 atom stereocenters. The van der Waals surface area contributed by atoms with Gasteiger partial charge in [-0.05, 0) is 50.6 Å². The third kappa shape index (κ3) is 6.50. The first-order valence-electron chi connectivity index (χ1n) is 11.3. The summed E-state index contributed by atoms with van der Waals surface area (Å²) in [5.41, 5.74) is 3.94. The monoisotopic (exact) mass is 479 g/mol. The van der Waals surface area contributed by atoms with E-state index in [0.29, 0.717) is 11.3 Å². The number of rotatable bonds is 7. The molecule has 8 heteroatoms. The molecule has 0 bridgehead atoms. The van der Waals surface area contributed by atoms with Crippen molar-refractivity contribution in [2.45, 2.75) is 39.5 Å². The minimum atomic E-state index is -0.526. The molecule has 0 radical (unpaired) electrons. The van der Waals surface area contributed by atoms with Crippen LogP contribution in [0.3, 0.4) is 0 Å². The molecule has 1 aliphatic heterocycles. The number of amides is 1. The van der Waals surface area contributed by atoms with Crippen LogP contribution >= 0.6 is 11.3 Å². The average Bonchev–Trinajstić information content (AvgIpc) is 3.24. The van der Waals surface area contributed by atoms with Crippen molar-refractivity contribution in [2.24, 2.45) is 0 Å². The number of hydrogen-bond acceptors (Lipinski definition) is 7. The molecule has 7 nitrogen and oxygen atoms in total. The van der Waals surface area contributed by atoms with Crippen LogP contribution in [0.1, 0.15) is 34.8 Å². The van der Waals surface area contributed by atoms with E-state index in [9.17, 15) is 9.59 Å². The molecule has 0 spiro atoms. The second-order valence-corrected chi connectivity index (χ2v) is 9.67. The maximum Gasteiger partial charge on any atom is 0.338 e. The van der Waals surface area contributed by atoms with E-state index < -0.39 is 11.9 Å². The number of nitrogens with one attached hydrogen (secondary N) is 1. The molecule has 1 N–H and O–H groups in total. The summed E-state index contributed by atoms with van der Waals surface area (Å²) in [7, 11) is 0. The van der Waals surface area contributed by atoms with Gasteiger partial charge in [-0.1, -0.05) is 24.3 Å². The van der Waals surface area contributed by atoms with Gasteiger partial charge in [0.05, 0.1) is 28.5 Å². The largest absolute Gasteiger partial charge is 0.452 e. The predicted molar refractivity (Wildman–Crippen MR) is 133 cm³/mol. The molecule has 2 aromatic carbocycles. The second kappa shape index (κ2) is 10.9. The number of carbonyl (C=O) groups is 2. The van der Waals surface area contributed by atoms with E-state index in [2.05, 4.69) is 29.0 Å². The summed E-state index contributed by atoms with van der Waals surface area (Å²) >= 11 is 1.57. The molecule has 1 amide bonds. The van der Waals surface area contributed by atoms with Crippen LogP contribution in [-0.4, -0.2) is 53.7 Å². The van der Waals surface area contributed by atoms with E-state index in [4.69, 9.17) is 9.47 Å². The van der Waals surface area contributed by atoms with Gasteiger partial charge in [-0.15, -0.1) is 11.3 Å². The van der Waals surface area contributed by atoms with Gasteiger partial charge >= 0.3 is 5.97 Å². The smallest absolute Gasteiger partial charge is 0.338 e. The molecule has 3 aromatic rings. The maximum atomic E-state index is 12.4. The van der Waals surface area contributed by atoms with Crippen molar-refractivity contribution in [2.75, 3.05) is 25.0 Å². The number of carbonyl (C=O) groups excluding carboxylic acids is 2. The Morgan fingerprint density at radius 1 is 1.15 bits per heavy atom. The standard InChI is InChI=1S/C26H29N3O4S/c1-17-12-29(13-18(2)33-17)14-20-7-9-21(10-8-20)26(31)32-15-25(30)28-23-6-4-5-22(11-23)24-16-34-19(3)27-24/h4-11,16-18H,12-15H2,1-3H3,(H,28,30). The summed E-state index contributed by atoms with van der Waals surface area (Å²) in [6.07, 6.45) is 0.422. The van der Waals surface area contributed by atoms with Crippen LogP contribution < -0.4 is 5.32 Å². The fourth-order valence-electron chi connectivity index (χ4n) is 4.08. The lowest BCUT2D eigenvalue weighted by atomic mass is 10.1. The van der Waals surface area contributed by atoms with Gasteiger partial charge < -0.3 is 14.8 Å². The van der Waals surface area contributed by atoms with Crippen LogP contribution in [0.2, 0.25) is 0 Å². The third-order valence-corrected chi connectivity index (χ3v) is 6.26. The zero-order valence-electron chi connectivity index (χ0n) is 19.6. The molecule has 1 aliphatic rings. The lowest BCUT2D eigenvalue weighted by molar-refractivity contribution is -0.119. The molecule has 1 aromatic heterocycles. The summed E-state index contributed by atoms with van der Waals surface area (Å²) in [4.78, 5) is 31.5. The SMILES string of the molecule is Cc1nc(-c2cccc(NC(=O)COC(=O)c3ccc(CN4CC(C)OC(C)C4)cc3)c2)cs1. The van der Waals surface area contributed by atoms with Crippen molar-refractivity contribution in [3.05, 3.63) is 70.0 Å². The number of anilines is 1. The first-order valence-corrected chi connectivity index (χ1v) is 12.2. The fourth-order valence-corrected chi connectivity index (χ4v) is 4.70. The van der Waals surface area contributed by atoms with Crippen molar-refractivity contribution in [1.29, 1.82) is 0 Å². The number of esters is 1. The van der Waals surface area contributed by atoms with Crippen LogP contribution in [0.15, 0.2) is 53.9 Å². The summed E-state index contributed by atoms with van der Waals surface area (Å²) in [6.45, 7) is 8.32. The molecule has 0 saturated carbocycles. The van der Waals surface area contributed by atoms with Crippen LogP contribution in [0, 0.1) is 6.92 Å². The molecule has 0 aliphatic carbocycles. The Kier molecular flexibility index (Phi) is 7.72. The molecule has 4 rings (SSSR count). The van der Waals surface area contributed by atoms with Crippen molar-refractivity contribution < 1.29 is 19.1 Å². The number of aryl methyl sites for hydroxylation is 1. The molecular formula is C26H29N3O4S. The van der Waals surface area contributed by atoms with Crippen LogP contribution in [-0.2, 0) is 20.8 Å². The zero-order valence-corrected chi connectivity index (χ0v) is 20.4. The highest BCUT2D eigenvalue weighted by molar-refractivity contribution is 7.09. The highest BCUT2D eigenvalue weighted by atomic mass is 32.1. The molecule has 34 heavy (non-hydrogen) atoms. The minimum Gasteiger partial charge on any atom is -0.452 e. The van der Waals surface area contributed by atoms with Gasteiger partial charge in [0.1, 0.15) is 0 Å². The van der Waals surface area contributed by atoms with Crippen molar-refractivity contribution in [1.82, 2.24) is 9.88 Å². The van der Waals surface area contributed by atoms with Crippen molar-refractivity contribution in [3.8, 4) is 11.3 Å². The molecule has 1 saturated heterocycles. The van der Waals surface area contributed by atoms with Gasteiger partial charge in [-0.25, -0.2) is 9.78 Å². The van der Waals surface area contributed by atoms with E-state index in [0.717, 1.165) is 41.5 Å². The Morgan fingerprint density at radius 3 is 2.56 bits per heavy atom. The number of thiazole rings is 1. The highest BCUT2D eigenvalue weighted by Gasteiger charge is 2.22. The fraction of sp³-hybridized carbons (Fsp3) is 0.346. The van der Waals surface area contributed by atoms with E-state index in [1.807, 2.05) is 42.6 Å². The number of hydrogen-bond donors (Lipinski definition) is 1. The molecule has 2 unspecified atom stereocenters. The van der Waals surface area contributed by atoms with E-state index >= 15 is 0 Å². The number of aromatic nitrogens is 1. The van der Waals surface area contributed by atoms with Gasteiger partial charge in [0.15, 0.2) is 6.61 Å². The Labute approximate surface area is 203 Å². The molecular weight excluding hydrogens is 450 g/mol. The number of morpholine rings is 1. The summed E-state index contributed by atoms with van der Waals surface area (Å²) in [5, 5.41) is 5.73. The van der Waals surface area contributed by atoms with Gasteiger partial charge in [0.25, 0.3) is 5.91 Å². The van der Waals surface area contributed by atoms with E-state index in [-0.39, 0.29) is 18.8 Å². The topological polar surface area (TPSA) is 80.8 Å². The zero-order chi connectivity index (χ0) is 24.1. The van der Waals surface area contributed by atoms with Crippen molar-refractivity contribution in [3.63, 3.8) is 0 Å². The first-order chi connectivity index (χ1) is 16.4. The average molecular weight is 480 g/mol. The lowest BCUT2D eigenvalue weighted by Crippen LogP contribution is -2.44. The van der Waals surface area contributed by atoms with Crippen molar-refractivity contribution >= 4 is 28.9 Å². The van der Waals surface area contributed by atoms with Gasteiger partial charge in [0, 0.05) is 36.3 Å². The minimum absolute atomic E-state index is 0.211. The molecule has 1 fully saturated rings. The Bertz CT molecular complexity index is 1130. The van der Waals surface area contributed by atoms with Crippen LogP contribution in [0.25, 0.3) is 11.3 Å². The highest BCUT2D eigenvalue weighted by Crippen LogP contribution is 2.24. The second-order valence-electron chi connectivity index (χ2n) is 8.61. The van der Waals surface area contributed by atoms with E-state index in [1.54, 1.807) is 29.5 Å². The van der Waals surface area contributed by atoms with Crippen LogP contribution in [0.5, 0.6) is 0 Å². The Hall–Kier alpha value is -3.07. The molecule has 2 heterocycles. The van der Waals surface area contributed by atoms with E-state index in [1.165, 1.54) is 0 Å². The normalized spacial score (nSPS) is 18.4. The van der Waals surface area contributed by atoms with Gasteiger partial charge in [0.2, 0.25) is 0 Å². The quantitative estimate of drug-likeness (QED) is 0.502. The molecule has 178 valence electrons. The Morgan fingerprint density at radius 2 is 1.88 bits per heavy atom. The summed E-state index contributed by atoms with van der Waals surface area (Å²) in [5.74, 6) is -0.922. The maximum absolute atomic E-state index is 12.4. The Balaban J connectivity index is 1.27. The number of ether oxygens (including phenoxy) is 2. The number of benzene rings is 2.